The van der Waals surface area contributed by atoms with Crippen molar-refractivity contribution in [1.82, 2.24) is 10.2 Å². The van der Waals surface area contributed by atoms with E-state index in [2.05, 4.69) is 12.2 Å². The van der Waals surface area contributed by atoms with E-state index in [9.17, 15) is 9.59 Å². The molecule has 0 unspecified atom stereocenters. The van der Waals surface area contributed by atoms with Crippen molar-refractivity contribution >= 4 is 35.4 Å². The highest BCUT2D eigenvalue weighted by Crippen LogP contribution is 2.42. The maximum atomic E-state index is 12.8. The fourth-order valence-electron chi connectivity index (χ4n) is 2.64. The molecule has 1 heterocycles. The number of nitrogens with one attached hydrogen (secondary N) is 1. The van der Waals surface area contributed by atoms with Crippen molar-refractivity contribution in [2.75, 3.05) is 12.3 Å². The molecule has 0 aromatic heterocycles. The van der Waals surface area contributed by atoms with Crippen LogP contribution in [-0.2, 0) is 9.53 Å². The summed E-state index contributed by atoms with van der Waals surface area (Å²) in [6, 6.07) is 6.80. The molecule has 1 aromatic rings. The normalized spacial score (nSPS) is 20.1. The summed E-state index contributed by atoms with van der Waals surface area (Å²) >= 11 is 7.54. The van der Waals surface area contributed by atoms with E-state index in [1.54, 1.807) is 28.8 Å². The molecule has 144 valence electrons. The minimum Gasteiger partial charge on any atom is -0.444 e. The van der Waals surface area contributed by atoms with Gasteiger partial charge in [0.1, 0.15) is 17.0 Å². The van der Waals surface area contributed by atoms with Gasteiger partial charge in [0.2, 0.25) is 5.91 Å². The molecule has 2 rings (SSSR count). The third-order valence-electron chi connectivity index (χ3n) is 3.89. The van der Waals surface area contributed by atoms with Gasteiger partial charge < -0.3 is 10.1 Å². The quantitative estimate of drug-likeness (QED) is 0.736. The van der Waals surface area contributed by atoms with E-state index in [1.807, 2.05) is 32.9 Å². The number of nitrogens with zero attached hydrogens (tertiary/aromatic N) is 1. The molecular formula is C19H27ClN2O3S. The average Bonchev–Trinajstić information content (AvgIpc) is 2.99. The number of ether oxygens (including phenoxy) is 1. The second kappa shape index (κ2) is 9.00. The van der Waals surface area contributed by atoms with E-state index in [1.165, 1.54) is 0 Å². The first kappa shape index (κ1) is 20.9. The fourth-order valence-corrected chi connectivity index (χ4v) is 4.18. The molecule has 1 saturated heterocycles. The van der Waals surface area contributed by atoms with Crippen LogP contribution in [0.5, 0.6) is 0 Å². The summed E-state index contributed by atoms with van der Waals surface area (Å²) in [4.78, 5) is 27.0. The number of thioether (sulfide) groups is 1. The molecule has 0 radical (unpaired) electrons. The lowest BCUT2D eigenvalue weighted by atomic mass is 10.1. The standard InChI is InChI=1S/C19H27ClN2O3S/c1-5-6-11-21-16(23)15-12-26-17(13-7-9-14(20)10-8-13)22(15)18(24)25-19(2,3)4/h7-10,15,17H,5-6,11-12H2,1-4H3,(H,21,23)/t15-,17+/m0/s1. The minimum absolute atomic E-state index is 0.131. The van der Waals surface area contributed by atoms with Crippen LogP contribution in [0.2, 0.25) is 5.02 Å². The van der Waals surface area contributed by atoms with Gasteiger partial charge in [0, 0.05) is 17.3 Å². The van der Waals surface area contributed by atoms with Gasteiger partial charge in [0.05, 0.1) is 0 Å². The van der Waals surface area contributed by atoms with Crippen LogP contribution >= 0.6 is 23.4 Å². The van der Waals surface area contributed by atoms with Gasteiger partial charge in [0.15, 0.2) is 0 Å². The number of unbranched alkanes of at least 4 members (excludes halogenated alkanes) is 1. The highest BCUT2D eigenvalue weighted by molar-refractivity contribution is 7.99. The first-order chi connectivity index (χ1) is 12.2. The largest absolute Gasteiger partial charge is 0.444 e. The third-order valence-corrected chi connectivity index (χ3v) is 5.47. The average molecular weight is 399 g/mol. The van der Waals surface area contributed by atoms with Crippen molar-refractivity contribution in [2.45, 2.75) is 57.6 Å². The molecule has 2 amide bonds. The number of halogens is 1. The third kappa shape index (κ3) is 5.55. The predicted octanol–water partition coefficient (Wildman–Crippen LogP) is 4.61. The number of carbonyl (C=O) groups excluding carboxylic acids is 2. The Hall–Kier alpha value is -1.40. The smallest absolute Gasteiger partial charge is 0.412 e. The van der Waals surface area contributed by atoms with Gasteiger partial charge in [-0.1, -0.05) is 37.1 Å². The number of carbonyl (C=O) groups is 2. The molecule has 1 aliphatic rings. The van der Waals surface area contributed by atoms with Crippen molar-refractivity contribution < 1.29 is 14.3 Å². The Balaban J connectivity index is 2.23. The highest BCUT2D eigenvalue weighted by atomic mass is 35.5. The Kier molecular flexibility index (Phi) is 7.24. The molecule has 1 aliphatic heterocycles. The van der Waals surface area contributed by atoms with Gasteiger partial charge in [-0.2, -0.15) is 0 Å². The van der Waals surface area contributed by atoms with Crippen LogP contribution in [0.3, 0.4) is 0 Å². The van der Waals surface area contributed by atoms with Gasteiger partial charge in [-0.3, -0.25) is 9.69 Å². The van der Waals surface area contributed by atoms with E-state index >= 15 is 0 Å². The molecule has 7 heteroatoms. The van der Waals surface area contributed by atoms with Crippen molar-refractivity contribution in [2.24, 2.45) is 0 Å². The van der Waals surface area contributed by atoms with E-state index in [-0.39, 0.29) is 11.3 Å². The molecule has 0 spiro atoms. The molecule has 2 atom stereocenters. The Morgan fingerprint density at radius 2 is 1.96 bits per heavy atom. The van der Waals surface area contributed by atoms with Crippen LogP contribution < -0.4 is 5.32 Å². The maximum Gasteiger partial charge on any atom is 0.412 e. The summed E-state index contributed by atoms with van der Waals surface area (Å²) < 4.78 is 5.57. The summed E-state index contributed by atoms with van der Waals surface area (Å²) in [6.45, 7) is 8.15. The van der Waals surface area contributed by atoms with Crippen LogP contribution in [0.1, 0.15) is 51.5 Å². The summed E-state index contributed by atoms with van der Waals surface area (Å²) in [5.41, 5.74) is 0.298. The Morgan fingerprint density at radius 3 is 2.54 bits per heavy atom. The van der Waals surface area contributed by atoms with Crippen molar-refractivity contribution in [3.05, 3.63) is 34.9 Å². The van der Waals surface area contributed by atoms with E-state index < -0.39 is 17.7 Å². The van der Waals surface area contributed by atoms with Crippen LogP contribution in [0, 0.1) is 0 Å². The Labute approximate surface area is 164 Å². The first-order valence-corrected chi connectivity index (χ1v) is 10.3. The zero-order valence-electron chi connectivity index (χ0n) is 15.8. The molecule has 0 bridgehead atoms. The summed E-state index contributed by atoms with van der Waals surface area (Å²) in [6.07, 6.45) is 1.44. The van der Waals surface area contributed by atoms with Gasteiger partial charge in [-0.25, -0.2) is 4.79 Å². The lowest BCUT2D eigenvalue weighted by Crippen LogP contribution is -2.49. The second-order valence-electron chi connectivity index (χ2n) is 7.29. The van der Waals surface area contributed by atoms with Crippen molar-refractivity contribution in [1.29, 1.82) is 0 Å². The van der Waals surface area contributed by atoms with Crippen LogP contribution in [0.15, 0.2) is 24.3 Å². The number of rotatable bonds is 5. The molecule has 1 aromatic carbocycles. The van der Waals surface area contributed by atoms with Crippen LogP contribution in [0.25, 0.3) is 0 Å². The lowest BCUT2D eigenvalue weighted by Gasteiger charge is -2.31. The lowest BCUT2D eigenvalue weighted by molar-refractivity contribution is -0.125. The molecule has 1 fully saturated rings. The summed E-state index contributed by atoms with van der Waals surface area (Å²) in [5, 5.41) is 3.29. The predicted molar refractivity (Wildman–Crippen MR) is 106 cm³/mol. The van der Waals surface area contributed by atoms with Gasteiger partial charge >= 0.3 is 6.09 Å². The molecule has 0 saturated carbocycles. The van der Waals surface area contributed by atoms with E-state index in [0.717, 1.165) is 18.4 Å². The van der Waals surface area contributed by atoms with Gasteiger partial charge in [-0.15, -0.1) is 11.8 Å². The molecule has 1 N–H and O–H groups in total. The highest BCUT2D eigenvalue weighted by Gasteiger charge is 2.44. The van der Waals surface area contributed by atoms with Crippen molar-refractivity contribution in [3.8, 4) is 0 Å². The van der Waals surface area contributed by atoms with Crippen LogP contribution in [-0.4, -0.2) is 40.8 Å². The zero-order chi connectivity index (χ0) is 19.3. The second-order valence-corrected chi connectivity index (χ2v) is 8.83. The van der Waals surface area contributed by atoms with Crippen molar-refractivity contribution in [3.63, 3.8) is 0 Å². The molecule has 26 heavy (non-hydrogen) atoms. The van der Waals surface area contributed by atoms with Gasteiger partial charge in [-0.05, 0) is 44.9 Å². The SMILES string of the molecule is CCCCNC(=O)[C@@H]1CS[C@H](c2ccc(Cl)cc2)N1C(=O)OC(C)(C)C. The maximum absolute atomic E-state index is 12.8. The molecule has 5 nitrogen and oxygen atoms in total. The summed E-state index contributed by atoms with van der Waals surface area (Å²) in [5.74, 6) is 0.401. The fraction of sp³-hybridized carbons (Fsp3) is 0.579. The number of amides is 2. The molecule has 0 aliphatic carbocycles. The minimum atomic E-state index is -0.627. The number of hydrogen-bond donors (Lipinski definition) is 1. The Bertz CT molecular complexity index is 631. The van der Waals surface area contributed by atoms with Gasteiger partial charge in [0.25, 0.3) is 0 Å². The topological polar surface area (TPSA) is 58.6 Å². The molecular weight excluding hydrogens is 372 g/mol. The zero-order valence-corrected chi connectivity index (χ0v) is 17.3. The number of hydrogen-bond acceptors (Lipinski definition) is 4. The monoisotopic (exact) mass is 398 g/mol. The first-order valence-electron chi connectivity index (χ1n) is 8.89. The summed E-state index contributed by atoms with van der Waals surface area (Å²) in [7, 11) is 0. The Morgan fingerprint density at radius 1 is 1.31 bits per heavy atom. The van der Waals surface area contributed by atoms with E-state index in [4.69, 9.17) is 16.3 Å². The number of benzene rings is 1. The van der Waals surface area contributed by atoms with E-state index in [0.29, 0.717) is 17.3 Å². The van der Waals surface area contributed by atoms with Crippen LogP contribution in [0.4, 0.5) is 4.79 Å².